The van der Waals surface area contributed by atoms with Crippen molar-refractivity contribution in [2.75, 3.05) is 5.73 Å². The third-order valence-corrected chi connectivity index (χ3v) is 2.54. The standard InChI is InChI=1S/C13H17N3O/c1-8-5-6-10(14)9(7-8)11-15-12(16-17-11)13(2,3)4/h5-7H,14H2,1-4H3. The zero-order valence-corrected chi connectivity index (χ0v) is 10.6. The number of benzene rings is 1. The fourth-order valence-corrected chi connectivity index (χ4v) is 1.49. The van der Waals surface area contributed by atoms with Crippen molar-refractivity contribution in [2.45, 2.75) is 33.1 Å². The molecule has 0 saturated carbocycles. The molecule has 4 heteroatoms. The predicted octanol–water partition coefficient (Wildman–Crippen LogP) is 2.92. The van der Waals surface area contributed by atoms with Crippen LogP contribution >= 0.6 is 0 Å². The first-order valence-corrected chi connectivity index (χ1v) is 5.58. The quantitative estimate of drug-likeness (QED) is 0.766. The largest absolute Gasteiger partial charge is 0.398 e. The first-order chi connectivity index (χ1) is 7.88. The Bertz CT molecular complexity index is 538. The van der Waals surface area contributed by atoms with Gasteiger partial charge < -0.3 is 10.3 Å². The molecule has 0 bridgehead atoms. The molecule has 0 fully saturated rings. The van der Waals surface area contributed by atoms with Crippen LogP contribution in [0.5, 0.6) is 0 Å². The summed E-state index contributed by atoms with van der Waals surface area (Å²) in [4.78, 5) is 4.40. The summed E-state index contributed by atoms with van der Waals surface area (Å²) in [7, 11) is 0. The van der Waals surface area contributed by atoms with E-state index in [2.05, 4.69) is 10.1 Å². The third-order valence-electron chi connectivity index (χ3n) is 2.54. The Morgan fingerprint density at radius 1 is 1.24 bits per heavy atom. The van der Waals surface area contributed by atoms with Gasteiger partial charge in [0.15, 0.2) is 5.82 Å². The minimum atomic E-state index is -0.125. The number of aromatic nitrogens is 2. The van der Waals surface area contributed by atoms with E-state index in [1.807, 2.05) is 45.9 Å². The molecule has 1 aromatic heterocycles. The molecule has 2 N–H and O–H groups in total. The van der Waals surface area contributed by atoms with Crippen LogP contribution in [0, 0.1) is 6.92 Å². The minimum Gasteiger partial charge on any atom is -0.398 e. The molecule has 17 heavy (non-hydrogen) atoms. The molecule has 0 radical (unpaired) electrons. The normalized spacial score (nSPS) is 11.8. The van der Waals surface area contributed by atoms with Crippen LogP contribution in [0.4, 0.5) is 5.69 Å². The minimum absolute atomic E-state index is 0.125. The van der Waals surface area contributed by atoms with E-state index >= 15 is 0 Å². The van der Waals surface area contributed by atoms with Gasteiger partial charge in [0, 0.05) is 11.1 Å². The van der Waals surface area contributed by atoms with Crippen molar-refractivity contribution in [1.29, 1.82) is 0 Å². The van der Waals surface area contributed by atoms with Gasteiger partial charge in [0.2, 0.25) is 0 Å². The van der Waals surface area contributed by atoms with Gasteiger partial charge in [0.1, 0.15) is 0 Å². The second-order valence-corrected chi connectivity index (χ2v) is 5.26. The van der Waals surface area contributed by atoms with Gasteiger partial charge in [-0.2, -0.15) is 4.98 Å². The molecule has 4 nitrogen and oxygen atoms in total. The van der Waals surface area contributed by atoms with Gasteiger partial charge in [-0.1, -0.05) is 37.6 Å². The second kappa shape index (κ2) is 3.87. The lowest BCUT2D eigenvalue weighted by Crippen LogP contribution is -2.13. The van der Waals surface area contributed by atoms with Crippen LogP contribution in [-0.4, -0.2) is 10.1 Å². The number of hydrogen-bond donors (Lipinski definition) is 1. The molecule has 0 amide bonds. The van der Waals surface area contributed by atoms with Crippen LogP contribution in [0.1, 0.15) is 32.2 Å². The van der Waals surface area contributed by atoms with E-state index < -0.39 is 0 Å². The zero-order chi connectivity index (χ0) is 12.6. The van der Waals surface area contributed by atoms with Gasteiger partial charge in [-0.05, 0) is 19.1 Å². The summed E-state index contributed by atoms with van der Waals surface area (Å²) in [6.45, 7) is 8.13. The van der Waals surface area contributed by atoms with Crippen LogP contribution in [0.3, 0.4) is 0 Å². The summed E-state index contributed by atoms with van der Waals surface area (Å²) in [6.07, 6.45) is 0. The Morgan fingerprint density at radius 2 is 1.94 bits per heavy atom. The lowest BCUT2D eigenvalue weighted by Gasteiger charge is -2.10. The predicted molar refractivity (Wildman–Crippen MR) is 67.6 cm³/mol. The SMILES string of the molecule is Cc1ccc(N)c(-c2nc(C(C)(C)C)no2)c1. The number of rotatable bonds is 1. The maximum absolute atomic E-state index is 5.91. The van der Waals surface area contributed by atoms with Crippen molar-refractivity contribution in [3.63, 3.8) is 0 Å². The van der Waals surface area contributed by atoms with Crippen LogP contribution < -0.4 is 5.73 Å². The summed E-state index contributed by atoms with van der Waals surface area (Å²) < 4.78 is 5.27. The Kier molecular flexibility index (Phi) is 2.65. The van der Waals surface area contributed by atoms with Crippen LogP contribution in [-0.2, 0) is 5.41 Å². The lowest BCUT2D eigenvalue weighted by atomic mass is 9.96. The average Bonchev–Trinajstić information content (AvgIpc) is 2.70. The number of nitrogen functional groups attached to an aromatic ring is 1. The lowest BCUT2D eigenvalue weighted by molar-refractivity contribution is 0.402. The van der Waals surface area contributed by atoms with Gasteiger partial charge in [0.25, 0.3) is 5.89 Å². The third kappa shape index (κ3) is 2.30. The van der Waals surface area contributed by atoms with E-state index in [4.69, 9.17) is 10.3 Å². The van der Waals surface area contributed by atoms with Gasteiger partial charge in [-0.25, -0.2) is 0 Å². The molecule has 0 atom stereocenters. The highest BCUT2D eigenvalue weighted by Gasteiger charge is 2.22. The van der Waals surface area contributed by atoms with Gasteiger partial charge >= 0.3 is 0 Å². The molecule has 1 aromatic carbocycles. The molecular formula is C13H17N3O. The van der Waals surface area contributed by atoms with Crippen molar-refractivity contribution in [2.24, 2.45) is 0 Å². The molecule has 0 unspecified atom stereocenters. The summed E-state index contributed by atoms with van der Waals surface area (Å²) >= 11 is 0. The highest BCUT2D eigenvalue weighted by Crippen LogP contribution is 2.28. The monoisotopic (exact) mass is 231 g/mol. The molecule has 2 rings (SSSR count). The molecule has 90 valence electrons. The van der Waals surface area contributed by atoms with E-state index in [0.29, 0.717) is 17.4 Å². The topological polar surface area (TPSA) is 64.9 Å². The smallest absolute Gasteiger partial charge is 0.260 e. The van der Waals surface area contributed by atoms with Crippen molar-refractivity contribution in [3.05, 3.63) is 29.6 Å². The summed E-state index contributed by atoms with van der Waals surface area (Å²) in [5, 5.41) is 3.99. The Balaban J connectivity index is 2.47. The van der Waals surface area contributed by atoms with Crippen molar-refractivity contribution >= 4 is 5.69 Å². The van der Waals surface area contributed by atoms with E-state index in [1.165, 1.54) is 0 Å². The summed E-state index contributed by atoms with van der Waals surface area (Å²) in [5.41, 5.74) is 8.35. The van der Waals surface area contributed by atoms with Crippen molar-refractivity contribution in [1.82, 2.24) is 10.1 Å². The molecule has 0 aliphatic heterocycles. The molecular weight excluding hydrogens is 214 g/mol. The first kappa shape index (κ1) is 11.6. The number of anilines is 1. The van der Waals surface area contributed by atoms with E-state index in [0.717, 1.165) is 11.1 Å². The van der Waals surface area contributed by atoms with Crippen LogP contribution in [0.2, 0.25) is 0 Å². The van der Waals surface area contributed by atoms with E-state index in [9.17, 15) is 0 Å². The summed E-state index contributed by atoms with van der Waals surface area (Å²) in [5.74, 6) is 1.17. The van der Waals surface area contributed by atoms with Crippen LogP contribution in [0.25, 0.3) is 11.5 Å². The van der Waals surface area contributed by atoms with E-state index in [-0.39, 0.29) is 5.41 Å². The van der Waals surface area contributed by atoms with Gasteiger partial charge in [-0.15, -0.1) is 0 Å². The van der Waals surface area contributed by atoms with Gasteiger partial charge in [-0.3, -0.25) is 0 Å². The fourth-order valence-electron chi connectivity index (χ4n) is 1.49. The molecule has 0 spiro atoms. The molecule has 0 aliphatic rings. The fraction of sp³-hybridized carbons (Fsp3) is 0.385. The number of nitrogens with zero attached hydrogens (tertiary/aromatic N) is 2. The second-order valence-electron chi connectivity index (χ2n) is 5.26. The Labute approximate surface area is 101 Å². The molecule has 1 heterocycles. The number of hydrogen-bond acceptors (Lipinski definition) is 4. The Hall–Kier alpha value is -1.84. The zero-order valence-electron chi connectivity index (χ0n) is 10.6. The molecule has 0 aliphatic carbocycles. The molecule has 0 saturated heterocycles. The summed E-state index contributed by atoms with van der Waals surface area (Å²) in [6, 6.07) is 5.76. The van der Waals surface area contributed by atoms with Gasteiger partial charge in [0.05, 0.1) is 5.56 Å². The Morgan fingerprint density at radius 3 is 2.53 bits per heavy atom. The number of nitrogens with two attached hydrogens (primary N) is 1. The number of aryl methyl sites for hydroxylation is 1. The highest BCUT2D eigenvalue weighted by molar-refractivity contribution is 5.71. The average molecular weight is 231 g/mol. The molecule has 2 aromatic rings. The van der Waals surface area contributed by atoms with Crippen molar-refractivity contribution < 1.29 is 4.52 Å². The maximum Gasteiger partial charge on any atom is 0.260 e. The van der Waals surface area contributed by atoms with Crippen molar-refractivity contribution in [3.8, 4) is 11.5 Å². The first-order valence-electron chi connectivity index (χ1n) is 5.58. The highest BCUT2D eigenvalue weighted by atomic mass is 16.5. The van der Waals surface area contributed by atoms with Crippen LogP contribution in [0.15, 0.2) is 22.7 Å². The maximum atomic E-state index is 5.91. The van der Waals surface area contributed by atoms with E-state index in [1.54, 1.807) is 0 Å².